The lowest BCUT2D eigenvalue weighted by Gasteiger charge is -2.06. The molecule has 0 atom stereocenters. The zero-order valence-corrected chi connectivity index (χ0v) is 9.28. The second-order valence-corrected chi connectivity index (χ2v) is 3.70. The molecule has 0 spiro atoms. The van der Waals surface area contributed by atoms with E-state index < -0.39 is 0 Å². The molecule has 0 aromatic carbocycles. The summed E-state index contributed by atoms with van der Waals surface area (Å²) in [5.41, 5.74) is 1.14. The molecule has 0 aliphatic heterocycles. The van der Waals surface area contributed by atoms with E-state index in [2.05, 4.69) is 21.5 Å². The highest BCUT2D eigenvalue weighted by Gasteiger charge is 2.01. The molecule has 2 heterocycles. The molecule has 0 fully saturated rings. The lowest BCUT2D eigenvalue weighted by Crippen LogP contribution is -2.03. The number of pyridine rings is 1. The Labute approximate surface area is 93.7 Å². The van der Waals surface area contributed by atoms with Gasteiger partial charge in [0.2, 0.25) is 0 Å². The minimum absolute atomic E-state index is 0.533. The van der Waals surface area contributed by atoms with Crippen LogP contribution in [0.15, 0.2) is 30.7 Å². The van der Waals surface area contributed by atoms with Crippen LogP contribution in [0.4, 0.5) is 0 Å². The average Bonchev–Trinajstić information content (AvgIpc) is 2.65. The topological polar surface area (TPSA) is 30.7 Å². The van der Waals surface area contributed by atoms with E-state index in [1.807, 2.05) is 24.5 Å². The molecule has 15 heavy (non-hydrogen) atoms. The van der Waals surface area contributed by atoms with Crippen LogP contribution in [0.2, 0.25) is 5.15 Å². The van der Waals surface area contributed by atoms with Crippen LogP contribution >= 0.6 is 11.6 Å². The van der Waals surface area contributed by atoms with Crippen LogP contribution in [-0.2, 0) is 13.0 Å². The second-order valence-electron chi connectivity index (χ2n) is 3.31. The number of hydrogen-bond acceptors (Lipinski definition) is 2. The third kappa shape index (κ3) is 2.36. The summed E-state index contributed by atoms with van der Waals surface area (Å²) in [5.74, 6) is 1.09. The van der Waals surface area contributed by atoms with Crippen molar-refractivity contribution in [3.8, 4) is 0 Å². The average molecular weight is 222 g/mol. The minimum atomic E-state index is 0.533. The quantitative estimate of drug-likeness (QED) is 0.746. The van der Waals surface area contributed by atoms with Crippen LogP contribution < -0.4 is 0 Å². The molecule has 2 rings (SSSR count). The normalized spacial score (nSPS) is 10.5. The van der Waals surface area contributed by atoms with Gasteiger partial charge < -0.3 is 4.57 Å². The SMILES string of the molecule is CCc1nccn1Cc1ccnc(Cl)c1. The fourth-order valence-corrected chi connectivity index (χ4v) is 1.73. The van der Waals surface area contributed by atoms with Gasteiger partial charge in [-0.1, -0.05) is 18.5 Å². The van der Waals surface area contributed by atoms with E-state index in [1.54, 1.807) is 6.20 Å². The largest absolute Gasteiger partial charge is 0.331 e. The van der Waals surface area contributed by atoms with Crippen molar-refractivity contribution < 1.29 is 0 Å². The number of halogens is 1. The molecule has 0 saturated carbocycles. The summed E-state index contributed by atoms with van der Waals surface area (Å²) in [6.07, 6.45) is 6.46. The smallest absolute Gasteiger partial charge is 0.129 e. The number of nitrogens with zero attached hydrogens (tertiary/aromatic N) is 3. The van der Waals surface area contributed by atoms with Crippen LogP contribution in [0.25, 0.3) is 0 Å². The maximum Gasteiger partial charge on any atom is 0.129 e. The van der Waals surface area contributed by atoms with Gasteiger partial charge in [-0.3, -0.25) is 0 Å². The first-order valence-corrected chi connectivity index (χ1v) is 5.28. The summed E-state index contributed by atoms with van der Waals surface area (Å²) >= 11 is 5.82. The highest BCUT2D eigenvalue weighted by Crippen LogP contribution is 2.10. The maximum absolute atomic E-state index is 5.82. The number of aryl methyl sites for hydroxylation is 1. The fourth-order valence-electron chi connectivity index (χ4n) is 1.54. The summed E-state index contributed by atoms with van der Waals surface area (Å²) in [5, 5.41) is 0.533. The van der Waals surface area contributed by atoms with Gasteiger partial charge in [-0.05, 0) is 17.7 Å². The Morgan fingerprint density at radius 2 is 2.20 bits per heavy atom. The zero-order chi connectivity index (χ0) is 10.7. The van der Waals surface area contributed by atoms with Crippen molar-refractivity contribution in [2.75, 3.05) is 0 Å². The van der Waals surface area contributed by atoms with Crippen molar-refractivity contribution in [2.45, 2.75) is 19.9 Å². The van der Waals surface area contributed by atoms with Crippen LogP contribution in [-0.4, -0.2) is 14.5 Å². The Balaban J connectivity index is 2.22. The summed E-state index contributed by atoms with van der Waals surface area (Å²) < 4.78 is 2.12. The van der Waals surface area contributed by atoms with Gasteiger partial charge in [-0.15, -0.1) is 0 Å². The first kappa shape index (κ1) is 10.2. The number of imidazole rings is 1. The molecular weight excluding hydrogens is 210 g/mol. The summed E-state index contributed by atoms with van der Waals surface area (Å²) in [6, 6.07) is 3.84. The molecule has 2 aromatic rings. The van der Waals surface area contributed by atoms with Crippen molar-refractivity contribution in [1.29, 1.82) is 0 Å². The lowest BCUT2D eigenvalue weighted by molar-refractivity contribution is 0.731. The number of aromatic nitrogens is 3. The Hall–Kier alpha value is -1.35. The summed E-state index contributed by atoms with van der Waals surface area (Å²) in [7, 11) is 0. The van der Waals surface area contributed by atoms with Crippen molar-refractivity contribution in [2.24, 2.45) is 0 Å². The van der Waals surface area contributed by atoms with Gasteiger partial charge in [0.1, 0.15) is 11.0 Å². The molecular formula is C11H12ClN3. The summed E-state index contributed by atoms with van der Waals surface area (Å²) in [4.78, 5) is 8.22. The van der Waals surface area contributed by atoms with Crippen LogP contribution in [0.5, 0.6) is 0 Å². The first-order valence-electron chi connectivity index (χ1n) is 4.90. The fraction of sp³-hybridized carbons (Fsp3) is 0.273. The molecule has 0 bridgehead atoms. The Morgan fingerprint density at radius 1 is 1.33 bits per heavy atom. The molecule has 0 aliphatic rings. The highest BCUT2D eigenvalue weighted by molar-refractivity contribution is 6.29. The van der Waals surface area contributed by atoms with Gasteiger partial charge in [-0.25, -0.2) is 9.97 Å². The highest BCUT2D eigenvalue weighted by atomic mass is 35.5. The van der Waals surface area contributed by atoms with Crippen LogP contribution in [0, 0.1) is 0 Å². The third-order valence-electron chi connectivity index (χ3n) is 2.26. The molecule has 0 aliphatic carbocycles. The first-order chi connectivity index (χ1) is 7.29. The molecule has 0 amide bonds. The third-order valence-corrected chi connectivity index (χ3v) is 2.47. The predicted octanol–water partition coefficient (Wildman–Crippen LogP) is 2.54. The van der Waals surface area contributed by atoms with Crippen molar-refractivity contribution in [3.05, 3.63) is 47.3 Å². The minimum Gasteiger partial charge on any atom is -0.331 e. The number of hydrogen-bond donors (Lipinski definition) is 0. The van der Waals surface area contributed by atoms with E-state index in [0.717, 1.165) is 24.4 Å². The van der Waals surface area contributed by atoms with Gasteiger partial charge in [0.25, 0.3) is 0 Å². The van der Waals surface area contributed by atoms with Gasteiger partial charge in [0.05, 0.1) is 0 Å². The zero-order valence-electron chi connectivity index (χ0n) is 8.52. The molecule has 78 valence electrons. The van der Waals surface area contributed by atoms with Crippen molar-refractivity contribution in [3.63, 3.8) is 0 Å². The Kier molecular flexibility index (Phi) is 3.02. The molecule has 4 heteroatoms. The molecule has 3 nitrogen and oxygen atoms in total. The van der Waals surface area contributed by atoms with E-state index in [-0.39, 0.29) is 0 Å². The van der Waals surface area contributed by atoms with Gasteiger partial charge >= 0.3 is 0 Å². The van der Waals surface area contributed by atoms with Gasteiger partial charge in [-0.2, -0.15) is 0 Å². The molecule has 0 unspecified atom stereocenters. The van der Waals surface area contributed by atoms with Gasteiger partial charge in [0, 0.05) is 31.6 Å². The van der Waals surface area contributed by atoms with Crippen molar-refractivity contribution in [1.82, 2.24) is 14.5 Å². The molecule has 0 radical (unpaired) electrons. The van der Waals surface area contributed by atoms with E-state index >= 15 is 0 Å². The van der Waals surface area contributed by atoms with E-state index in [9.17, 15) is 0 Å². The Morgan fingerprint density at radius 3 is 2.93 bits per heavy atom. The summed E-state index contributed by atoms with van der Waals surface area (Å²) in [6.45, 7) is 2.89. The van der Waals surface area contributed by atoms with Crippen LogP contribution in [0.3, 0.4) is 0 Å². The predicted molar refractivity (Wildman–Crippen MR) is 60.0 cm³/mol. The van der Waals surface area contributed by atoms with Crippen molar-refractivity contribution >= 4 is 11.6 Å². The van der Waals surface area contributed by atoms with Gasteiger partial charge in [0.15, 0.2) is 0 Å². The lowest BCUT2D eigenvalue weighted by atomic mass is 10.2. The van der Waals surface area contributed by atoms with E-state index in [4.69, 9.17) is 11.6 Å². The standard InChI is InChI=1S/C11H12ClN3/c1-2-11-14-5-6-15(11)8-9-3-4-13-10(12)7-9/h3-7H,2,8H2,1H3. The molecule has 2 aromatic heterocycles. The Bertz CT molecular complexity index is 451. The van der Waals surface area contributed by atoms with E-state index in [1.165, 1.54) is 0 Å². The van der Waals surface area contributed by atoms with Crippen LogP contribution in [0.1, 0.15) is 18.3 Å². The second kappa shape index (κ2) is 4.45. The maximum atomic E-state index is 5.82. The van der Waals surface area contributed by atoms with E-state index in [0.29, 0.717) is 5.15 Å². The monoisotopic (exact) mass is 221 g/mol. The molecule has 0 saturated heterocycles. The molecule has 0 N–H and O–H groups in total. The number of rotatable bonds is 3.